The molecule has 2 aromatic carbocycles. The van der Waals surface area contributed by atoms with E-state index >= 15 is 0 Å². The fourth-order valence-electron chi connectivity index (χ4n) is 3.06. The Morgan fingerprint density at radius 1 is 1.13 bits per heavy atom. The number of carbonyl (C=O) groups excluding carboxylic acids is 2. The van der Waals surface area contributed by atoms with Crippen LogP contribution in [0.25, 0.3) is 0 Å². The molecule has 0 aliphatic carbocycles. The molecule has 0 spiro atoms. The zero-order valence-corrected chi connectivity index (χ0v) is 17.4. The van der Waals surface area contributed by atoms with Crippen LogP contribution in [0, 0.1) is 5.41 Å². The number of carboxylic acids is 1. The first kappa shape index (κ1) is 21.6. The Balaban J connectivity index is 1.94. The molecule has 158 valence electrons. The average Bonchev–Trinajstić information content (AvgIpc) is 2.78. The van der Waals surface area contributed by atoms with Gasteiger partial charge in [0.05, 0.1) is 27.4 Å². The van der Waals surface area contributed by atoms with Gasteiger partial charge in [-0.15, -0.1) is 0 Å². The van der Waals surface area contributed by atoms with Crippen LogP contribution in [0.2, 0.25) is 5.02 Å². The molecule has 0 unspecified atom stereocenters. The molecule has 0 radical (unpaired) electrons. The number of hydrogen-bond donors (Lipinski definition) is 3. The Bertz CT molecular complexity index is 1190. The first-order valence-electron chi connectivity index (χ1n) is 8.58. The van der Waals surface area contributed by atoms with Gasteiger partial charge in [0, 0.05) is 11.8 Å². The molecule has 0 saturated carbocycles. The lowest BCUT2D eigenvalue weighted by Gasteiger charge is -2.18. The summed E-state index contributed by atoms with van der Waals surface area (Å²) >= 11 is 6.08. The maximum atomic E-state index is 12.7. The number of carboxylic acid groups (broad SMARTS) is 1. The van der Waals surface area contributed by atoms with E-state index in [2.05, 4.69) is 5.32 Å². The second-order valence-corrected chi connectivity index (χ2v) is 9.59. The number of nitrogens with one attached hydrogen (secondary N) is 1. The van der Waals surface area contributed by atoms with Crippen LogP contribution in [0.3, 0.4) is 0 Å². The van der Waals surface area contributed by atoms with Crippen molar-refractivity contribution in [2.24, 2.45) is 5.41 Å². The summed E-state index contributed by atoms with van der Waals surface area (Å²) in [6.07, 6.45) is 0. The van der Waals surface area contributed by atoms with Gasteiger partial charge in [0.15, 0.2) is 0 Å². The van der Waals surface area contributed by atoms with Crippen molar-refractivity contribution < 1.29 is 33.0 Å². The first-order chi connectivity index (χ1) is 13.8. The normalized spacial score (nSPS) is 17.0. The number of nitrogens with zero attached hydrogens (tertiary/aromatic N) is 1. The van der Waals surface area contributed by atoms with Gasteiger partial charge in [-0.3, -0.25) is 9.59 Å². The van der Waals surface area contributed by atoms with Gasteiger partial charge in [0.2, 0.25) is 15.9 Å². The van der Waals surface area contributed by atoms with Crippen molar-refractivity contribution in [2.45, 2.75) is 13.8 Å². The topological polar surface area (TPSA) is 141 Å². The quantitative estimate of drug-likeness (QED) is 0.647. The van der Waals surface area contributed by atoms with Gasteiger partial charge >= 0.3 is 5.97 Å². The Hall–Kier alpha value is -3.11. The summed E-state index contributed by atoms with van der Waals surface area (Å²) in [6, 6.07) is 7.24. The van der Waals surface area contributed by atoms with Crippen LogP contribution in [0.15, 0.2) is 36.4 Å². The van der Waals surface area contributed by atoms with Gasteiger partial charge in [-0.2, -0.15) is 0 Å². The standard InChI is InChI=1S/C19H17ClN2O7S/c1-19(2)9-30(28,29)22(18(19)27)11-4-6-14(20)13(8-11)16(24)21-10-3-5-12(17(25)26)15(23)7-10/h3-8,23H,9H2,1-2H3,(H,21,24)(H,25,26). The maximum Gasteiger partial charge on any atom is 0.339 e. The van der Waals surface area contributed by atoms with E-state index in [0.717, 1.165) is 12.1 Å². The van der Waals surface area contributed by atoms with E-state index in [1.54, 1.807) is 0 Å². The Morgan fingerprint density at radius 2 is 1.80 bits per heavy atom. The van der Waals surface area contributed by atoms with E-state index in [4.69, 9.17) is 16.7 Å². The van der Waals surface area contributed by atoms with Crippen LogP contribution in [-0.4, -0.2) is 42.2 Å². The summed E-state index contributed by atoms with van der Waals surface area (Å²) in [4.78, 5) is 36.2. The summed E-state index contributed by atoms with van der Waals surface area (Å²) in [6.45, 7) is 3.04. The Labute approximate surface area is 176 Å². The van der Waals surface area contributed by atoms with Crippen molar-refractivity contribution in [1.82, 2.24) is 0 Å². The van der Waals surface area contributed by atoms with E-state index in [9.17, 15) is 27.9 Å². The molecule has 1 aliphatic heterocycles. The fraction of sp³-hybridized carbons (Fsp3) is 0.211. The summed E-state index contributed by atoms with van der Waals surface area (Å²) in [7, 11) is -3.91. The monoisotopic (exact) mass is 452 g/mol. The summed E-state index contributed by atoms with van der Waals surface area (Å²) < 4.78 is 25.6. The SMILES string of the molecule is CC1(C)CS(=O)(=O)N(c2ccc(Cl)c(C(=O)Nc3ccc(C(=O)O)c(O)c3)c2)C1=O. The van der Waals surface area contributed by atoms with Crippen LogP contribution in [0.1, 0.15) is 34.6 Å². The van der Waals surface area contributed by atoms with E-state index < -0.39 is 39.0 Å². The van der Waals surface area contributed by atoms with E-state index in [1.807, 2.05) is 0 Å². The highest BCUT2D eigenvalue weighted by atomic mass is 35.5. The van der Waals surface area contributed by atoms with E-state index in [0.29, 0.717) is 4.31 Å². The number of aromatic carboxylic acids is 1. The third kappa shape index (κ3) is 3.83. The largest absolute Gasteiger partial charge is 0.507 e. The molecule has 2 amide bonds. The molecule has 1 fully saturated rings. The highest BCUT2D eigenvalue weighted by Crippen LogP contribution is 2.37. The highest BCUT2D eigenvalue weighted by Gasteiger charge is 2.50. The Kier molecular flexibility index (Phi) is 5.25. The molecule has 9 nitrogen and oxygen atoms in total. The molecule has 0 atom stereocenters. The minimum absolute atomic E-state index is 0.00549. The lowest BCUT2D eigenvalue weighted by Crippen LogP contribution is -2.33. The van der Waals surface area contributed by atoms with Crippen molar-refractivity contribution in [2.75, 3.05) is 15.4 Å². The number of benzene rings is 2. The van der Waals surface area contributed by atoms with E-state index in [-0.39, 0.29) is 33.3 Å². The van der Waals surface area contributed by atoms with Gasteiger partial charge in [-0.25, -0.2) is 17.5 Å². The van der Waals surface area contributed by atoms with Crippen molar-refractivity contribution in [3.63, 3.8) is 0 Å². The molecule has 1 aliphatic rings. The Morgan fingerprint density at radius 3 is 2.33 bits per heavy atom. The molecule has 3 N–H and O–H groups in total. The zero-order chi connectivity index (χ0) is 22.4. The molecule has 0 bridgehead atoms. The zero-order valence-electron chi connectivity index (χ0n) is 15.8. The number of phenols is 1. The third-order valence-electron chi connectivity index (χ3n) is 4.50. The number of carbonyl (C=O) groups is 3. The third-order valence-corrected chi connectivity index (χ3v) is 6.85. The molecule has 30 heavy (non-hydrogen) atoms. The summed E-state index contributed by atoms with van der Waals surface area (Å²) in [5, 5.41) is 21.1. The van der Waals surface area contributed by atoms with Gasteiger partial charge in [-0.1, -0.05) is 11.6 Å². The van der Waals surface area contributed by atoms with E-state index in [1.165, 1.54) is 38.1 Å². The lowest BCUT2D eigenvalue weighted by molar-refractivity contribution is -0.123. The van der Waals surface area contributed by atoms with Crippen molar-refractivity contribution in [3.05, 3.63) is 52.5 Å². The average molecular weight is 453 g/mol. The lowest BCUT2D eigenvalue weighted by atomic mass is 9.95. The number of hydrogen-bond acceptors (Lipinski definition) is 6. The molecule has 0 aromatic heterocycles. The second-order valence-electron chi connectivity index (χ2n) is 7.37. The minimum atomic E-state index is -3.91. The molecular weight excluding hydrogens is 436 g/mol. The predicted molar refractivity (Wildman–Crippen MR) is 110 cm³/mol. The minimum Gasteiger partial charge on any atom is -0.507 e. The molecule has 11 heteroatoms. The molecule has 1 saturated heterocycles. The van der Waals surface area contributed by atoms with Gasteiger partial charge in [-0.05, 0) is 44.2 Å². The van der Waals surface area contributed by atoms with Gasteiger partial charge in [0.25, 0.3) is 5.91 Å². The number of aromatic hydroxyl groups is 1. The first-order valence-corrected chi connectivity index (χ1v) is 10.6. The molecule has 2 aromatic rings. The van der Waals surface area contributed by atoms with Crippen molar-refractivity contribution >= 4 is 50.8 Å². The number of halogens is 1. The number of rotatable bonds is 4. The van der Waals surface area contributed by atoms with Crippen LogP contribution in [-0.2, 0) is 14.8 Å². The summed E-state index contributed by atoms with van der Waals surface area (Å²) in [5.41, 5.74) is -1.49. The predicted octanol–water partition coefficient (Wildman–Crippen LogP) is 2.70. The number of sulfonamides is 1. The van der Waals surface area contributed by atoms with Gasteiger partial charge in [0.1, 0.15) is 11.3 Å². The molecule has 3 rings (SSSR count). The smallest absolute Gasteiger partial charge is 0.339 e. The van der Waals surface area contributed by atoms with Crippen LogP contribution < -0.4 is 9.62 Å². The van der Waals surface area contributed by atoms with Crippen LogP contribution in [0.5, 0.6) is 5.75 Å². The number of anilines is 2. The van der Waals surface area contributed by atoms with Crippen molar-refractivity contribution in [1.29, 1.82) is 0 Å². The number of amides is 2. The molecule has 1 heterocycles. The second kappa shape index (κ2) is 7.29. The van der Waals surface area contributed by atoms with Crippen LogP contribution in [0.4, 0.5) is 11.4 Å². The fourth-order valence-corrected chi connectivity index (χ4v) is 5.37. The molecular formula is C19H17ClN2O7S. The highest BCUT2D eigenvalue weighted by molar-refractivity contribution is 7.94. The van der Waals surface area contributed by atoms with Gasteiger partial charge < -0.3 is 15.5 Å². The van der Waals surface area contributed by atoms with Crippen molar-refractivity contribution in [3.8, 4) is 5.75 Å². The summed E-state index contributed by atoms with van der Waals surface area (Å²) in [5.74, 6) is -3.60. The van der Waals surface area contributed by atoms with Crippen LogP contribution >= 0.6 is 11.6 Å². The maximum absolute atomic E-state index is 12.7.